The number of halogens is 1. The zero-order valence-corrected chi connectivity index (χ0v) is 17.7. The second-order valence-corrected chi connectivity index (χ2v) is 7.31. The van der Waals surface area contributed by atoms with Crippen molar-refractivity contribution in [3.05, 3.63) is 59.7 Å². The van der Waals surface area contributed by atoms with Crippen molar-refractivity contribution in [1.29, 1.82) is 0 Å². The molecule has 0 bridgehead atoms. The van der Waals surface area contributed by atoms with Crippen molar-refractivity contribution in [3.8, 4) is 29.0 Å². The maximum atomic E-state index is 14.3. The van der Waals surface area contributed by atoms with Crippen LogP contribution in [0.3, 0.4) is 0 Å². The van der Waals surface area contributed by atoms with Gasteiger partial charge in [-0.25, -0.2) is 14.1 Å². The molecule has 0 fully saturated rings. The van der Waals surface area contributed by atoms with E-state index in [9.17, 15) is 4.39 Å². The third-order valence-corrected chi connectivity index (χ3v) is 5.32. The average Bonchev–Trinajstić information content (AvgIpc) is 3.22. The number of hydrogen-bond donors (Lipinski definition) is 0. The van der Waals surface area contributed by atoms with Gasteiger partial charge in [0.05, 0.1) is 31.1 Å². The summed E-state index contributed by atoms with van der Waals surface area (Å²) in [4.78, 5) is 4.27. The fourth-order valence-corrected chi connectivity index (χ4v) is 3.73. The van der Waals surface area contributed by atoms with E-state index in [2.05, 4.69) is 34.1 Å². The molecular formula is C24H25FN4O2. The van der Waals surface area contributed by atoms with Gasteiger partial charge in [0.1, 0.15) is 11.5 Å². The second kappa shape index (κ2) is 9.71. The topological polar surface area (TPSA) is 62.1 Å². The molecule has 0 unspecified atom stereocenters. The third kappa shape index (κ3) is 4.59. The normalized spacial score (nSPS) is 17.5. The van der Waals surface area contributed by atoms with Crippen molar-refractivity contribution in [2.45, 2.75) is 51.9 Å². The van der Waals surface area contributed by atoms with Gasteiger partial charge in [0.25, 0.3) is 0 Å². The number of rotatable bonds is 6. The molecule has 0 N–H and O–H groups in total. The predicted molar refractivity (Wildman–Crippen MR) is 115 cm³/mol. The fourth-order valence-electron chi connectivity index (χ4n) is 3.73. The van der Waals surface area contributed by atoms with Gasteiger partial charge in [-0.15, -0.1) is 11.0 Å². The lowest BCUT2D eigenvalue weighted by Gasteiger charge is -2.31. The molecule has 1 aliphatic rings. The lowest BCUT2D eigenvalue weighted by molar-refractivity contribution is -0.0280. The quantitative estimate of drug-likeness (QED) is 0.555. The van der Waals surface area contributed by atoms with Crippen LogP contribution in [-0.4, -0.2) is 32.7 Å². The van der Waals surface area contributed by atoms with Crippen molar-refractivity contribution in [2.75, 3.05) is 6.61 Å². The van der Waals surface area contributed by atoms with Gasteiger partial charge in [0.15, 0.2) is 0 Å². The summed E-state index contributed by atoms with van der Waals surface area (Å²) >= 11 is 0. The Bertz CT molecular complexity index is 1080. The number of nitrogens with zero attached hydrogens (tertiary/aromatic N) is 4. The number of fused-ring (bicyclic) bond motifs is 1. The van der Waals surface area contributed by atoms with Crippen LogP contribution in [0, 0.1) is 17.7 Å². The van der Waals surface area contributed by atoms with Crippen molar-refractivity contribution in [2.24, 2.45) is 0 Å². The molecule has 3 heterocycles. The minimum absolute atomic E-state index is 0.0101. The van der Waals surface area contributed by atoms with Gasteiger partial charge in [0.2, 0.25) is 5.88 Å². The Labute approximate surface area is 181 Å². The summed E-state index contributed by atoms with van der Waals surface area (Å²) in [7, 11) is 0. The van der Waals surface area contributed by atoms with Gasteiger partial charge in [-0.2, -0.15) is 0 Å². The molecule has 0 saturated carbocycles. The van der Waals surface area contributed by atoms with E-state index in [1.165, 1.54) is 6.07 Å². The van der Waals surface area contributed by atoms with Crippen molar-refractivity contribution in [3.63, 3.8) is 0 Å². The number of aromatic nitrogens is 4. The van der Waals surface area contributed by atoms with E-state index in [1.54, 1.807) is 24.4 Å². The Hall–Kier alpha value is -3.24. The first kappa shape index (κ1) is 21.0. The summed E-state index contributed by atoms with van der Waals surface area (Å²) in [6.07, 6.45) is 3.80. The SMILES string of the molecule is CCOc1ccc(CC#CC[C@H]2[C@H](CC)OCc3c(-c4ccccc4F)nnn32)cn1. The Morgan fingerprint density at radius 3 is 2.81 bits per heavy atom. The summed E-state index contributed by atoms with van der Waals surface area (Å²) in [6, 6.07) is 10.4. The number of benzene rings is 1. The highest BCUT2D eigenvalue weighted by molar-refractivity contribution is 5.62. The van der Waals surface area contributed by atoms with E-state index in [0.29, 0.717) is 43.2 Å². The van der Waals surface area contributed by atoms with E-state index in [-0.39, 0.29) is 18.0 Å². The van der Waals surface area contributed by atoms with Gasteiger partial charge < -0.3 is 9.47 Å². The summed E-state index contributed by atoms with van der Waals surface area (Å²) in [6.45, 7) is 4.96. The maximum Gasteiger partial charge on any atom is 0.213 e. The van der Waals surface area contributed by atoms with Crippen LogP contribution in [-0.2, 0) is 17.8 Å². The van der Waals surface area contributed by atoms with Gasteiger partial charge in [-0.3, -0.25) is 0 Å². The molecule has 2 aromatic heterocycles. The van der Waals surface area contributed by atoms with Crippen LogP contribution in [0.2, 0.25) is 0 Å². The molecule has 0 saturated heterocycles. The van der Waals surface area contributed by atoms with Crippen molar-refractivity contribution < 1.29 is 13.9 Å². The van der Waals surface area contributed by atoms with Gasteiger partial charge in [-0.05, 0) is 31.0 Å². The molecule has 0 amide bonds. The molecule has 160 valence electrons. The van der Waals surface area contributed by atoms with Crippen molar-refractivity contribution in [1.82, 2.24) is 20.0 Å². The van der Waals surface area contributed by atoms with E-state index < -0.39 is 0 Å². The van der Waals surface area contributed by atoms with Crippen molar-refractivity contribution >= 4 is 0 Å². The fraction of sp³-hybridized carbons (Fsp3) is 0.375. The monoisotopic (exact) mass is 420 g/mol. The Balaban J connectivity index is 1.50. The Kier molecular flexibility index (Phi) is 6.58. The van der Waals surface area contributed by atoms with Gasteiger partial charge >= 0.3 is 0 Å². The molecule has 0 spiro atoms. The molecule has 2 atom stereocenters. The van der Waals surface area contributed by atoms with Crippen LogP contribution in [0.25, 0.3) is 11.3 Å². The summed E-state index contributed by atoms with van der Waals surface area (Å²) in [5.41, 5.74) is 2.80. The van der Waals surface area contributed by atoms with Crippen LogP contribution in [0.4, 0.5) is 4.39 Å². The molecule has 0 radical (unpaired) electrons. The zero-order valence-electron chi connectivity index (χ0n) is 17.7. The van der Waals surface area contributed by atoms with E-state index in [0.717, 1.165) is 17.7 Å². The van der Waals surface area contributed by atoms with Gasteiger partial charge in [0, 0.05) is 30.7 Å². The largest absolute Gasteiger partial charge is 0.478 e. The Morgan fingerprint density at radius 1 is 1.19 bits per heavy atom. The molecule has 1 aromatic carbocycles. The molecule has 4 rings (SSSR count). The third-order valence-electron chi connectivity index (χ3n) is 5.32. The minimum Gasteiger partial charge on any atom is -0.478 e. The number of hydrogen-bond acceptors (Lipinski definition) is 5. The van der Waals surface area contributed by atoms with Crippen LogP contribution in [0.15, 0.2) is 42.6 Å². The van der Waals surface area contributed by atoms with E-state index >= 15 is 0 Å². The molecule has 1 aliphatic heterocycles. The van der Waals surface area contributed by atoms with Crippen LogP contribution < -0.4 is 4.74 Å². The summed E-state index contributed by atoms with van der Waals surface area (Å²) in [5.74, 6) is 6.78. The molecule has 3 aromatic rings. The predicted octanol–water partition coefficient (Wildman–Crippen LogP) is 4.36. The summed E-state index contributed by atoms with van der Waals surface area (Å²) < 4.78 is 27.6. The summed E-state index contributed by atoms with van der Waals surface area (Å²) in [5, 5.41) is 8.62. The lowest BCUT2D eigenvalue weighted by Crippen LogP contribution is -2.33. The standard InChI is InChI=1S/C24H25FN4O2/c1-3-22-20(12-8-5-9-17-13-14-23(26-15-17)30-4-2)29-21(16-31-22)24(27-28-29)18-10-6-7-11-19(18)25/h6-7,10-11,13-15,20,22H,3-4,9,12,16H2,1-2H3/t20-,22-/m0/s1. The molecule has 31 heavy (non-hydrogen) atoms. The zero-order chi connectivity index (χ0) is 21.6. The second-order valence-electron chi connectivity index (χ2n) is 7.31. The highest BCUT2D eigenvalue weighted by Crippen LogP contribution is 2.33. The van der Waals surface area contributed by atoms with Crippen LogP contribution >= 0.6 is 0 Å². The smallest absolute Gasteiger partial charge is 0.213 e. The maximum absolute atomic E-state index is 14.3. The highest BCUT2D eigenvalue weighted by atomic mass is 19.1. The molecule has 7 heteroatoms. The lowest BCUT2D eigenvalue weighted by atomic mass is 10.0. The first-order valence-electron chi connectivity index (χ1n) is 10.5. The van der Waals surface area contributed by atoms with Gasteiger partial charge in [-0.1, -0.05) is 36.3 Å². The highest BCUT2D eigenvalue weighted by Gasteiger charge is 2.32. The number of ether oxygens (including phenoxy) is 2. The first-order chi connectivity index (χ1) is 15.2. The minimum atomic E-state index is -0.316. The van der Waals surface area contributed by atoms with E-state index in [1.807, 2.05) is 23.7 Å². The van der Waals surface area contributed by atoms with E-state index in [4.69, 9.17) is 9.47 Å². The first-order valence-corrected chi connectivity index (χ1v) is 10.5. The average molecular weight is 420 g/mol. The molecule has 0 aliphatic carbocycles. The van der Waals surface area contributed by atoms with Crippen LogP contribution in [0.1, 0.15) is 44.0 Å². The Morgan fingerprint density at radius 2 is 2.06 bits per heavy atom. The van der Waals surface area contributed by atoms with Crippen LogP contribution in [0.5, 0.6) is 5.88 Å². The number of pyridine rings is 1. The molecular weight excluding hydrogens is 395 g/mol. The molecule has 6 nitrogen and oxygen atoms in total.